The van der Waals surface area contributed by atoms with Gasteiger partial charge in [0.25, 0.3) is 0 Å². The summed E-state index contributed by atoms with van der Waals surface area (Å²) in [4.78, 5) is 8.72. The van der Waals surface area contributed by atoms with Crippen LogP contribution in [0.1, 0.15) is 11.4 Å². The minimum atomic E-state index is -0.568. The molecule has 3 rings (SSSR count). The van der Waals surface area contributed by atoms with E-state index in [2.05, 4.69) is 9.97 Å². The largest absolute Gasteiger partial charge is 0.330 e. The average Bonchev–Trinajstić information content (AvgIpc) is 2.87. The van der Waals surface area contributed by atoms with Crippen molar-refractivity contribution in [3.8, 4) is 11.9 Å². The molecule has 0 atom stereocenters. The number of rotatable bonds is 3. The van der Waals surface area contributed by atoms with Crippen molar-refractivity contribution < 1.29 is 4.39 Å². The van der Waals surface area contributed by atoms with Crippen LogP contribution in [0.25, 0.3) is 16.9 Å². The predicted molar refractivity (Wildman–Crippen MR) is 76.3 cm³/mol. The van der Waals surface area contributed by atoms with Gasteiger partial charge < -0.3 is 5.73 Å². The second kappa shape index (κ2) is 5.31. The van der Waals surface area contributed by atoms with Crippen LogP contribution in [0, 0.1) is 17.1 Å². The summed E-state index contributed by atoms with van der Waals surface area (Å²) in [6.45, 7) is 0.403. The van der Waals surface area contributed by atoms with E-state index in [1.54, 1.807) is 29.0 Å². The number of nitrogens with two attached hydrogens (primary N) is 1. The van der Waals surface area contributed by atoms with E-state index in [1.165, 1.54) is 6.07 Å². The monoisotopic (exact) mass is 281 g/mol. The zero-order valence-corrected chi connectivity index (χ0v) is 11.1. The van der Waals surface area contributed by atoms with Crippen molar-refractivity contribution in [2.75, 3.05) is 6.54 Å². The fourth-order valence-corrected chi connectivity index (χ4v) is 2.33. The van der Waals surface area contributed by atoms with Crippen LogP contribution in [0.4, 0.5) is 4.39 Å². The summed E-state index contributed by atoms with van der Waals surface area (Å²) in [7, 11) is 0. The van der Waals surface area contributed by atoms with Gasteiger partial charge in [-0.05, 0) is 30.8 Å². The van der Waals surface area contributed by atoms with Gasteiger partial charge >= 0.3 is 0 Å². The van der Waals surface area contributed by atoms with Gasteiger partial charge in [0, 0.05) is 12.6 Å². The summed E-state index contributed by atoms with van der Waals surface area (Å²) in [5, 5.41) is 9.25. The highest BCUT2D eigenvalue weighted by molar-refractivity contribution is 5.84. The lowest BCUT2D eigenvalue weighted by Gasteiger charge is -2.08. The summed E-state index contributed by atoms with van der Waals surface area (Å²) in [6, 6.07) is 10.1. The van der Waals surface area contributed by atoms with Crippen LogP contribution in [0.3, 0.4) is 0 Å². The molecule has 0 aliphatic carbocycles. The highest BCUT2D eigenvalue weighted by Gasteiger charge is 2.18. The molecule has 21 heavy (non-hydrogen) atoms. The maximum Gasteiger partial charge on any atom is 0.143 e. The number of pyridine rings is 1. The third-order valence-corrected chi connectivity index (χ3v) is 3.20. The van der Waals surface area contributed by atoms with Gasteiger partial charge in [-0.25, -0.2) is 14.4 Å². The zero-order chi connectivity index (χ0) is 14.8. The number of halogens is 1. The number of hydrogen-bond donors (Lipinski definition) is 1. The number of hydrogen-bond acceptors (Lipinski definition) is 4. The molecule has 0 saturated heterocycles. The molecule has 0 fully saturated rings. The standard InChI is InChI=1S/C15H12FN5/c16-11-4-5-12-15(10(11)9-18)21(14(20-12)6-7-17)13-3-1-2-8-19-13/h1-5,8H,6-7,17H2. The molecule has 0 aliphatic rings. The SMILES string of the molecule is N#Cc1c(F)ccc2nc(CCN)n(-c3ccccn3)c12. The van der Waals surface area contributed by atoms with Gasteiger partial charge in [0.2, 0.25) is 0 Å². The van der Waals surface area contributed by atoms with Gasteiger partial charge in [0.1, 0.15) is 29.1 Å². The summed E-state index contributed by atoms with van der Waals surface area (Å²) < 4.78 is 15.6. The number of aromatic nitrogens is 3. The molecule has 0 radical (unpaired) electrons. The van der Waals surface area contributed by atoms with Crippen LogP contribution in [-0.2, 0) is 6.42 Å². The van der Waals surface area contributed by atoms with E-state index in [9.17, 15) is 9.65 Å². The Labute approximate surface area is 120 Å². The second-order valence-electron chi connectivity index (χ2n) is 4.49. The van der Waals surface area contributed by atoms with Crippen LogP contribution in [0.2, 0.25) is 0 Å². The lowest BCUT2D eigenvalue weighted by atomic mass is 10.2. The molecule has 6 heteroatoms. The average molecular weight is 281 g/mol. The predicted octanol–water partition coefficient (Wildman–Crippen LogP) is 1.93. The van der Waals surface area contributed by atoms with Gasteiger partial charge in [0.15, 0.2) is 0 Å². The molecule has 5 nitrogen and oxygen atoms in total. The van der Waals surface area contributed by atoms with E-state index in [0.29, 0.717) is 35.6 Å². The zero-order valence-electron chi connectivity index (χ0n) is 11.1. The third kappa shape index (κ3) is 2.14. The second-order valence-corrected chi connectivity index (χ2v) is 4.49. The Morgan fingerprint density at radius 2 is 2.14 bits per heavy atom. The summed E-state index contributed by atoms with van der Waals surface area (Å²) in [5.74, 6) is 0.681. The molecule has 0 amide bonds. The molecule has 3 aromatic rings. The Bertz CT molecular complexity index is 833. The van der Waals surface area contributed by atoms with Crippen molar-refractivity contribution in [2.24, 2.45) is 5.73 Å². The van der Waals surface area contributed by atoms with Gasteiger partial charge in [-0.15, -0.1) is 0 Å². The first kappa shape index (κ1) is 13.2. The van der Waals surface area contributed by atoms with Crippen LogP contribution in [0.15, 0.2) is 36.5 Å². The molecular weight excluding hydrogens is 269 g/mol. The normalized spacial score (nSPS) is 10.7. The van der Waals surface area contributed by atoms with Crippen molar-refractivity contribution in [3.63, 3.8) is 0 Å². The van der Waals surface area contributed by atoms with Crippen molar-refractivity contribution in [3.05, 3.63) is 53.7 Å². The lowest BCUT2D eigenvalue weighted by molar-refractivity contribution is 0.625. The maximum atomic E-state index is 13.9. The molecular formula is C15H12FN5. The molecule has 0 bridgehead atoms. The fraction of sp³-hybridized carbons (Fsp3) is 0.133. The summed E-state index contributed by atoms with van der Waals surface area (Å²) in [6.07, 6.45) is 2.15. The quantitative estimate of drug-likeness (QED) is 0.795. The molecule has 0 unspecified atom stereocenters. The topological polar surface area (TPSA) is 80.5 Å². The molecule has 104 valence electrons. The maximum absolute atomic E-state index is 13.9. The highest BCUT2D eigenvalue weighted by atomic mass is 19.1. The number of nitriles is 1. The minimum Gasteiger partial charge on any atom is -0.330 e. The van der Waals surface area contributed by atoms with Crippen LogP contribution < -0.4 is 5.73 Å². The van der Waals surface area contributed by atoms with Gasteiger partial charge in [0.05, 0.1) is 11.0 Å². The first-order valence-corrected chi connectivity index (χ1v) is 6.47. The van der Waals surface area contributed by atoms with Crippen LogP contribution in [-0.4, -0.2) is 21.1 Å². The Morgan fingerprint density at radius 1 is 1.29 bits per heavy atom. The van der Waals surface area contributed by atoms with Crippen LogP contribution in [0.5, 0.6) is 0 Å². The molecule has 0 saturated carbocycles. The van der Waals surface area contributed by atoms with E-state index in [-0.39, 0.29) is 5.56 Å². The van der Waals surface area contributed by atoms with Gasteiger partial charge in [-0.1, -0.05) is 6.07 Å². The van der Waals surface area contributed by atoms with Gasteiger partial charge in [-0.3, -0.25) is 4.57 Å². The minimum absolute atomic E-state index is 0.0334. The molecule has 2 aromatic heterocycles. The fourth-order valence-electron chi connectivity index (χ4n) is 2.33. The Kier molecular flexibility index (Phi) is 3.34. The van der Waals surface area contributed by atoms with E-state index in [4.69, 9.17) is 5.73 Å². The van der Waals surface area contributed by atoms with E-state index in [1.807, 2.05) is 12.1 Å². The molecule has 0 spiro atoms. The van der Waals surface area contributed by atoms with Gasteiger partial charge in [-0.2, -0.15) is 5.26 Å². The Hall–Kier alpha value is -2.78. The number of imidazole rings is 1. The molecule has 1 aromatic carbocycles. The van der Waals surface area contributed by atoms with Crippen molar-refractivity contribution in [2.45, 2.75) is 6.42 Å². The number of nitrogens with zero attached hydrogens (tertiary/aromatic N) is 4. The van der Waals surface area contributed by atoms with Crippen molar-refractivity contribution >= 4 is 11.0 Å². The third-order valence-electron chi connectivity index (χ3n) is 3.20. The molecule has 0 aliphatic heterocycles. The van der Waals surface area contributed by atoms with Crippen molar-refractivity contribution in [1.82, 2.24) is 14.5 Å². The van der Waals surface area contributed by atoms with E-state index in [0.717, 1.165) is 0 Å². The number of benzene rings is 1. The Morgan fingerprint density at radius 3 is 2.81 bits per heavy atom. The molecule has 2 heterocycles. The summed E-state index contributed by atoms with van der Waals surface area (Å²) in [5.41, 5.74) is 6.57. The Balaban J connectivity index is 2.41. The molecule has 2 N–H and O–H groups in total. The highest BCUT2D eigenvalue weighted by Crippen LogP contribution is 2.25. The first-order valence-electron chi connectivity index (χ1n) is 6.47. The van der Waals surface area contributed by atoms with Crippen LogP contribution >= 0.6 is 0 Å². The summed E-state index contributed by atoms with van der Waals surface area (Å²) >= 11 is 0. The van der Waals surface area contributed by atoms with E-state index >= 15 is 0 Å². The lowest BCUT2D eigenvalue weighted by Crippen LogP contribution is -2.10. The first-order chi connectivity index (χ1) is 10.3. The van der Waals surface area contributed by atoms with E-state index < -0.39 is 5.82 Å². The van der Waals surface area contributed by atoms with Crippen molar-refractivity contribution in [1.29, 1.82) is 5.26 Å². The smallest absolute Gasteiger partial charge is 0.143 e. The number of fused-ring (bicyclic) bond motifs is 1.